The Hall–Kier alpha value is -1.88. The van der Waals surface area contributed by atoms with Crippen LogP contribution in [0.15, 0.2) is 35.3 Å². The van der Waals surface area contributed by atoms with Gasteiger partial charge in [-0.25, -0.2) is 0 Å². The van der Waals surface area contributed by atoms with E-state index < -0.39 is 0 Å². The average molecular weight is 246 g/mol. The fraction of sp³-hybridized carbons (Fsp3) is 0.385. The second kappa shape index (κ2) is 5.64. The van der Waals surface area contributed by atoms with E-state index in [2.05, 4.69) is 22.0 Å². The van der Waals surface area contributed by atoms with Crippen molar-refractivity contribution in [3.8, 4) is 0 Å². The summed E-state index contributed by atoms with van der Waals surface area (Å²) in [6.07, 6.45) is 1.83. The second-order valence-electron chi connectivity index (χ2n) is 4.49. The number of amides is 1. The zero-order valence-corrected chi connectivity index (χ0v) is 10.2. The highest BCUT2D eigenvalue weighted by Crippen LogP contribution is 2.21. The van der Waals surface area contributed by atoms with Gasteiger partial charge in [-0.15, -0.1) is 0 Å². The number of carbonyl (C=O) groups excluding carboxylic acids is 1. The van der Waals surface area contributed by atoms with Crippen molar-refractivity contribution in [2.45, 2.75) is 25.4 Å². The molecule has 5 nitrogen and oxygen atoms in total. The van der Waals surface area contributed by atoms with E-state index in [1.54, 1.807) is 0 Å². The van der Waals surface area contributed by atoms with Crippen molar-refractivity contribution < 1.29 is 4.79 Å². The standard InChI is InChI=1S/C13H18N4O/c14-13(15)16-12(18)11-7-4-8-17(11)9-10-5-2-1-3-6-10/h1-3,5-6,11H,4,7-9H2,(H4,14,15,16,18). The largest absolute Gasteiger partial charge is 0.370 e. The third kappa shape index (κ3) is 3.07. The molecule has 0 bridgehead atoms. The maximum absolute atomic E-state index is 11.9. The molecule has 1 amide bonds. The molecule has 1 saturated heterocycles. The molecule has 1 aromatic rings. The summed E-state index contributed by atoms with van der Waals surface area (Å²) in [5.74, 6) is -0.394. The third-order valence-electron chi connectivity index (χ3n) is 3.12. The van der Waals surface area contributed by atoms with E-state index in [9.17, 15) is 4.79 Å². The summed E-state index contributed by atoms with van der Waals surface area (Å²) in [5, 5.41) is 0. The van der Waals surface area contributed by atoms with Crippen molar-refractivity contribution in [2.75, 3.05) is 6.54 Å². The molecule has 1 fully saturated rings. The molecule has 18 heavy (non-hydrogen) atoms. The summed E-state index contributed by atoms with van der Waals surface area (Å²) in [6.45, 7) is 1.67. The van der Waals surface area contributed by atoms with E-state index in [0.717, 1.165) is 25.9 Å². The molecule has 96 valence electrons. The SMILES string of the molecule is NC(N)=NC(=O)C1CCCN1Cc1ccccc1. The van der Waals surface area contributed by atoms with Crippen molar-refractivity contribution in [1.82, 2.24) is 4.90 Å². The minimum atomic E-state index is -0.233. The van der Waals surface area contributed by atoms with E-state index in [4.69, 9.17) is 11.5 Å². The van der Waals surface area contributed by atoms with E-state index in [1.165, 1.54) is 5.56 Å². The average Bonchev–Trinajstić information content (AvgIpc) is 2.77. The molecule has 1 unspecified atom stereocenters. The Labute approximate surface area is 106 Å². The number of benzene rings is 1. The van der Waals surface area contributed by atoms with Crippen LogP contribution in [0.4, 0.5) is 0 Å². The Bertz CT molecular complexity index is 440. The smallest absolute Gasteiger partial charge is 0.266 e. The van der Waals surface area contributed by atoms with Crippen LogP contribution in [0.3, 0.4) is 0 Å². The normalized spacial score (nSPS) is 19.7. The molecule has 1 atom stereocenters. The van der Waals surface area contributed by atoms with Gasteiger partial charge in [0.25, 0.3) is 5.91 Å². The van der Waals surface area contributed by atoms with Gasteiger partial charge in [0.05, 0.1) is 6.04 Å². The molecule has 0 aromatic heterocycles. The molecule has 1 heterocycles. The first-order valence-electron chi connectivity index (χ1n) is 6.08. The van der Waals surface area contributed by atoms with E-state index in [-0.39, 0.29) is 17.9 Å². The summed E-state index contributed by atoms with van der Waals surface area (Å²) in [7, 11) is 0. The van der Waals surface area contributed by atoms with Gasteiger partial charge >= 0.3 is 0 Å². The topological polar surface area (TPSA) is 84.7 Å². The Morgan fingerprint density at radius 2 is 2.06 bits per heavy atom. The number of hydrogen-bond acceptors (Lipinski definition) is 2. The number of likely N-dealkylation sites (tertiary alicyclic amines) is 1. The lowest BCUT2D eigenvalue weighted by atomic mass is 10.2. The van der Waals surface area contributed by atoms with Gasteiger partial charge in [0, 0.05) is 6.54 Å². The number of nitrogens with zero attached hydrogens (tertiary/aromatic N) is 2. The monoisotopic (exact) mass is 246 g/mol. The van der Waals surface area contributed by atoms with E-state index in [0.29, 0.717) is 0 Å². The van der Waals surface area contributed by atoms with Crippen molar-refractivity contribution in [1.29, 1.82) is 0 Å². The summed E-state index contributed by atoms with van der Waals surface area (Å²) in [5.41, 5.74) is 11.7. The zero-order valence-electron chi connectivity index (χ0n) is 10.2. The number of nitrogens with two attached hydrogens (primary N) is 2. The lowest BCUT2D eigenvalue weighted by Crippen LogP contribution is -2.36. The molecule has 0 saturated carbocycles. The number of carbonyl (C=O) groups is 1. The number of guanidine groups is 1. The minimum Gasteiger partial charge on any atom is -0.370 e. The second-order valence-corrected chi connectivity index (χ2v) is 4.49. The molecule has 0 spiro atoms. The summed E-state index contributed by atoms with van der Waals surface area (Å²) < 4.78 is 0. The van der Waals surface area contributed by atoms with Gasteiger partial charge in [-0.1, -0.05) is 30.3 Å². The molecular weight excluding hydrogens is 228 g/mol. The van der Waals surface area contributed by atoms with Gasteiger partial charge < -0.3 is 11.5 Å². The highest BCUT2D eigenvalue weighted by Gasteiger charge is 2.30. The third-order valence-corrected chi connectivity index (χ3v) is 3.12. The van der Waals surface area contributed by atoms with Crippen LogP contribution < -0.4 is 11.5 Å². The van der Waals surface area contributed by atoms with Gasteiger partial charge in [-0.3, -0.25) is 9.69 Å². The molecule has 0 radical (unpaired) electrons. The van der Waals surface area contributed by atoms with Crippen molar-refractivity contribution in [2.24, 2.45) is 16.5 Å². The summed E-state index contributed by atoms with van der Waals surface area (Å²) in [6, 6.07) is 9.90. The zero-order chi connectivity index (χ0) is 13.0. The fourth-order valence-corrected chi connectivity index (χ4v) is 2.31. The summed E-state index contributed by atoms with van der Waals surface area (Å²) in [4.78, 5) is 17.6. The van der Waals surface area contributed by atoms with Crippen molar-refractivity contribution in [3.05, 3.63) is 35.9 Å². The Kier molecular flexibility index (Phi) is 3.94. The maximum atomic E-state index is 11.9. The van der Waals surface area contributed by atoms with Crippen LogP contribution in [0, 0.1) is 0 Å². The van der Waals surface area contributed by atoms with Crippen LogP contribution >= 0.6 is 0 Å². The highest BCUT2D eigenvalue weighted by molar-refractivity contribution is 5.94. The molecule has 5 heteroatoms. The highest BCUT2D eigenvalue weighted by atomic mass is 16.2. The first kappa shape index (κ1) is 12.6. The summed E-state index contributed by atoms with van der Waals surface area (Å²) >= 11 is 0. The predicted octanol–water partition coefficient (Wildman–Crippen LogP) is 0.451. The molecule has 2 rings (SSSR count). The molecule has 1 aliphatic rings. The van der Waals surface area contributed by atoms with Gasteiger partial charge in [0.2, 0.25) is 0 Å². The lowest BCUT2D eigenvalue weighted by molar-refractivity contribution is -0.122. The van der Waals surface area contributed by atoms with Crippen LogP contribution in [0.5, 0.6) is 0 Å². The van der Waals surface area contributed by atoms with E-state index >= 15 is 0 Å². The molecule has 1 aliphatic heterocycles. The quantitative estimate of drug-likeness (QED) is 0.599. The predicted molar refractivity (Wildman–Crippen MR) is 70.7 cm³/mol. The number of rotatable bonds is 3. The van der Waals surface area contributed by atoms with Gasteiger partial charge in [0.1, 0.15) is 0 Å². The van der Waals surface area contributed by atoms with Crippen molar-refractivity contribution in [3.63, 3.8) is 0 Å². The number of hydrogen-bond donors (Lipinski definition) is 2. The Balaban J connectivity index is 2.04. The van der Waals surface area contributed by atoms with Crippen LogP contribution in [-0.4, -0.2) is 29.4 Å². The van der Waals surface area contributed by atoms with E-state index in [1.807, 2.05) is 18.2 Å². The van der Waals surface area contributed by atoms with Gasteiger partial charge in [0.15, 0.2) is 5.96 Å². The van der Waals surface area contributed by atoms with Crippen LogP contribution in [0.2, 0.25) is 0 Å². The fourth-order valence-electron chi connectivity index (χ4n) is 2.31. The van der Waals surface area contributed by atoms with Gasteiger partial charge in [-0.2, -0.15) is 4.99 Å². The van der Waals surface area contributed by atoms with Crippen LogP contribution in [-0.2, 0) is 11.3 Å². The lowest BCUT2D eigenvalue weighted by Gasteiger charge is -2.21. The molecule has 0 aliphatic carbocycles. The van der Waals surface area contributed by atoms with Crippen LogP contribution in [0.1, 0.15) is 18.4 Å². The Morgan fingerprint density at radius 1 is 1.33 bits per heavy atom. The molecular formula is C13H18N4O. The maximum Gasteiger partial charge on any atom is 0.266 e. The molecule has 1 aromatic carbocycles. The van der Waals surface area contributed by atoms with Crippen molar-refractivity contribution >= 4 is 11.9 Å². The number of aliphatic imine (C=N–C) groups is 1. The first-order valence-corrected chi connectivity index (χ1v) is 6.08. The Morgan fingerprint density at radius 3 is 2.72 bits per heavy atom. The van der Waals surface area contributed by atoms with Gasteiger partial charge in [-0.05, 0) is 24.9 Å². The minimum absolute atomic E-state index is 0.161. The first-order chi connectivity index (χ1) is 8.66. The molecule has 4 N–H and O–H groups in total. The van der Waals surface area contributed by atoms with Crippen LogP contribution in [0.25, 0.3) is 0 Å².